The van der Waals surface area contributed by atoms with Gasteiger partial charge in [0, 0.05) is 44.7 Å². The van der Waals surface area contributed by atoms with Gasteiger partial charge in [-0.2, -0.15) is 0 Å². The third kappa shape index (κ3) is 3.69. The highest BCUT2D eigenvalue weighted by Gasteiger charge is 2.25. The van der Waals surface area contributed by atoms with E-state index in [2.05, 4.69) is 5.32 Å². The molecule has 1 aliphatic heterocycles. The summed E-state index contributed by atoms with van der Waals surface area (Å²) in [5.41, 5.74) is 0.269. The summed E-state index contributed by atoms with van der Waals surface area (Å²) < 4.78 is 27.0. The minimum absolute atomic E-state index is 0.0764. The smallest absolute Gasteiger partial charge is 0.226 e. The molecule has 0 saturated carbocycles. The van der Waals surface area contributed by atoms with Gasteiger partial charge in [0.1, 0.15) is 11.6 Å². The summed E-state index contributed by atoms with van der Waals surface area (Å²) in [6.45, 7) is 4.61. The van der Waals surface area contributed by atoms with E-state index in [1.807, 2.05) is 14.0 Å². The van der Waals surface area contributed by atoms with Crippen LogP contribution < -0.4 is 10.2 Å². The molecule has 1 aromatic rings. The van der Waals surface area contributed by atoms with Crippen LogP contribution in [-0.4, -0.2) is 50.6 Å². The Bertz CT molecular complexity index is 502. The Hall–Kier alpha value is -1.69. The maximum Gasteiger partial charge on any atom is 0.226 e. The molecule has 2 rings (SSSR count). The minimum atomic E-state index is -0.451. The Morgan fingerprint density at radius 2 is 1.95 bits per heavy atom. The van der Waals surface area contributed by atoms with Crippen LogP contribution in [0.25, 0.3) is 0 Å². The van der Waals surface area contributed by atoms with E-state index >= 15 is 0 Å². The van der Waals surface area contributed by atoms with E-state index in [0.29, 0.717) is 32.7 Å². The van der Waals surface area contributed by atoms with Crippen molar-refractivity contribution in [2.45, 2.75) is 6.92 Å². The van der Waals surface area contributed by atoms with Gasteiger partial charge in [0.25, 0.3) is 0 Å². The largest absolute Gasteiger partial charge is 0.366 e. The van der Waals surface area contributed by atoms with Crippen LogP contribution in [0.1, 0.15) is 6.92 Å². The van der Waals surface area contributed by atoms with Gasteiger partial charge in [-0.05, 0) is 19.2 Å². The fourth-order valence-corrected chi connectivity index (χ4v) is 2.60. The maximum absolute atomic E-state index is 13.7. The second kappa shape index (κ2) is 6.85. The van der Waals surface area contributed by atoms with Crippen LogP contribution in [0.2, 0.25) is 0 Å². The number of nitrogens with one attached hydrogen (secondary N) is 1. The maximum atomic E-state index is 13.7. The molecule has 1 amide bonds. The standard InChI is InChI=1S/C15H21F2N3O/c1-11(10-18-2)15(21)20-7-5-19(6-8-20)14-9-12(16)3-4-13(14)17/h3-4,9,11,18H,5-8,10H2,1-2H3. The Labute approximate surface area is 123 Å². The number of hydrogen-bond donors (Lipinski definition) is 1. The van der Waals surface area contributed by atoms with E-state index in [0.717, 1.165) is 12.1 Å². The summed E-state index contributed by atoms with van der Waals surface area (Å²) in [5, 5.41) is 2.99. The lowest BCUT2D eigenvalue weighted by Crippen LogP contribution is -2.51. The molecule has 0 aliphatic carbocycles. The van der Waals surface area contributed by atoms with E-state index in [1.54, 1.807) is 9.80 Å². The molecule has 1 heterocycles. The number of carbonyl (C=O) groups is 1. The number of rotatable bonds is 4. The summed E-state index contributed by atoms with van der Waals surface area (Å²) >= 11 is 0. The molecule has 21 heavy (non-hydrogen) atoms. The molecule has 1 aromatic carbocycles. The first-order valence-corrected chi connectivity index (χ1v) is 7.16. The molecule has 0 radical (unpaired) electrons. The minimum Gasteiger partial charge on any atom is -0.366 e. The Morgan fingerprint density at radius 3 is 2.57 bits per heavy atom. The summed E-state index contributed by atoms with van der Waals surface area (Å²) in [4.78, 5) is 15.8. The van der Waals surface area contributed by atoms with Gasteiger partial charge in [0.15, 0.2) is 0 Å². The normalized spacial score (nSPS) is 17.0. The van der Waals surface area contributed by atoms with Gasteiger partial charge in [-0.15, -0.1) is 0 Å². The van der Waals surface area contributed by atoms with Crippen LogP contribution in [0.3, 0.4) is 0 Å². The van der Waals surface area contributed by atoms with Crippen molar-refractivity contribution in [2.24, 2.45) is 5.92 Å². The van der Waals surface area contributed by atoms with Crippen molar-refractivity contribution in [3.05, 3.63) is 29.8 Å². The van der Waals surface area contributed by atoms with Crippen molar-refractivity contribution in [3.63, 3.8) is 0 Å². The molecular formula is C15H21F2N3O. The number of benzene rings is 1. The lowest BCUT2D eigenvalue weighted by Gasteiger charge is -2.37. The molecule has 1 atom stereocenters. The predicted molar refractivity (Wildman–Crippen MR) is 78.2 cm³/mol. The number of piperazine rings is 1. The molecule has 116 valence electrons. The zero-order valence-electron chi connectivity index (χ0n) is 12.4. The fraction of sp³-hybridized carbons (Fsp3) is 0.533. The zero-order chi connectivity index (χ0) is 15.4. The van der Waals surface area contributed by atoms with E-state index in [4.69, 9.17) is 0 Å². The molecule has 4 nitrogen and oxygen atoms in total. The van der Waals surface area contributed by atoms with Crippen LogP contribution in [0.5, 0.6) is 0 Å². The lowest BCUT2D eigenvalue weighted by atomic mass is 10.1. The topological polar surface area (TPSA) is 35.6 Å². The fourth-order valence-electron chi connectivity index (χ4n) is 2.60. The number of carbonyl (C=O) groups excluding carboxylic acids is 1. The van der Waals surface area contributed by atoms with E-state index in [9.17, 15) is 13.6 Å². The predicted octanol–water partition coefficient (Wildman–Crippen LogP) is 1.47. The summed E-state index contributed by atoms with van der Waals surface area (Å²) in [6, 6.07) is 3.45. The van der Waals surface area contributed by atoms with Crippen molar-refractivity contribution in [2.75, 3.05) is 44.7 Å². The number of anilines is 1. The summed E-state index contributed by atoms with van der Waals surface area (Å²) in [6.07, 6.45) is 0. The van der Waals surface area contributed by atoms with Gasteiger partial charge in [-0.25, -0.2) is 8.78 Å². The third-order valence-corrected chi connectivity index (χ3v) is 3.77. The van der Waals surface area contributed by atoms with Crippen molar-refractivity contribution in [1.82, 2.24) is 10.2 Å². The van der Waals surface area contributed by atoms with E-state index < -0.39 is 11.6 Å². The number of nitrogens with zero attached hydrogens (tertiary/aromatic N) is 2. The van der Waals surface area contributed by atoms with Crippen molar-refractivity contribution < 1.29 is 13.6 Å². The first kappa shape index (κ1) is 15.7. The third-order valence-electron chi connectivity index (χ3n) is 3.77. The molecule has 1 N–H and O–H groups in total. The van der Waals surface area contributed by atoms with Gasteiger partial charge >= 0.3 is 0 Å². The number of halogens is 2. The highest BCUT2D eigenvalue weighted by molar-refractivity contribution is 5.79. The van der Waals surface area contributed by atoms with E-state index in [1.165, 1.54) is 6.07 Å². The first-order valence-electron chi connectivity index (χ1n) is 7.16. The van der Waals surface area contributed by atoms with Crippen molar-refractivity contribution >= 4 is 11.6 Å². The molecule has 0 aromatic heterocycles. The SMILES string of the molecule is CNCC(C)C(=O)N1CCN(c2cc(F)ccc2F)CC1. The van der Waals surface area contributed by atoms with Crippen LogP contribution in [0, 0.1) is 17.6 Å². The van der Waals surface area contributed by atoms with Gasteiger partial charge < -0.3 is 15.1 Å². The summed E-state index contributed by atoms with van der Waals surface area (Å²) in [7, 11) is 1.81. The number of hydrogen-bond acceptors (Lipinski definition) is 3. The number of amides is 1. The average Bonchev–Trinajstić information content (AvgIpc) is 2.49. The summed E-state index contributed by atoms with van der Waals surface area (Å²) in [5.74, 6) is -0.858. The molecule has 6 heteroatoms. The molecular weight excluding hydrogens is 276 g/mol. The molecule has 1 saturated heterocycles. The second-order valence-electron chi connectivity index (χ2n) is 5.37. The monoisotopic (exact) mass is 297 g/mol. The van der Waals surface area contributed by atoms with Crippen LogP contribution >= 0.6 is 0 Å². The highest BCUT2D eigenvalue weighted by Crippen LogP contribution is 2.22. The Morgan fingerprint density at radius 1 is 1.29 bits per heavy atom. The van der Waals surface area contributed by atoms with Crippen molar-refractivity contribution in [1.29, 1.82) is 0 Å². The van der Waals surface area contributed by atoms with Gasteiger partial charge in [0.05, 0.1) is 5.69 Å². The first-order chi connectivity index (χ1) is 10.0. The molecule has 1 fully saturated rings. The molecule has 1 unspecified atom stereocenters. The van der Waals surface area contributed by atoms with Gasteiger partial charge in [-0.1, -0.05) is 6.92 Å². The molecule has 0 bridgehead atoms. The Balaban J connectivity index is 1.97. The quantitative estimate of drug-likeness (QED) is 0.914. The highest BCUT2D eigenvalue weighted by atomic mass is 19.1. The molecule has 1 aliphatic rings. The second-order valence-corrected chi connectivity index (χ2v) is 5.37. The van der Waals surface area contributed by atoms with Crippen molar-refractivity contribution in [3.8, 4) is 0 Å². The zero-order valence-corrected chi connectivity index (χ0v) is 12.4. The lowest BCUT2D eigenvalue weighted by molar-refractivity contribution is -0.135. The van der Waals surface area contributed by atoms with Crippen LogP contribution in [-0.2, 0) is 4.79 Å². The van der Waals surface area contributed by atoms with Crippen LogP contribution in [0.4, 0.5) is 14.5 Å². The molecule has 0 spiro atoms. The van der Waals surface area contributed by atoms with Crippen LogP contribution in [0.15, 0.2) is 18.2 Å². The van der Waals surface area contributed by atoms with Gasteiger partial charge in [0.2, 0.25) is 5.91 Å². The Kier molecular flexibility index (Phi) is 5.12. The average molecular weight is 297 g/mol. The van der Waals surface area contributed by atoms with E-state index in [-0.39, 0.29) is 17.5 Å². The van der Waals surface area contributed by atoms with Gasteiger partial charge in [-0.3, -0.25) is 4.79 Å².